The van der Waals surface area contributed by atoms with Crippen LogP contribution in [0.15, 0.2) is 0 Å². The minimum Gasteiger partial charge on any atom is -0.467 e. The number of nitrogens with one attached hydrogen (secondary N) is 1. The molecular formula is C19H30N2O4. The molecule has 0 bridgehead atoms. The van der Waals surface area contributed by atoms with Crippen molar-refractivity contribution < 1.29 is 19.1 Å². The molecule has 3 aliphatic rings. The molecule has 1 N–H and O–H groups in total. The molecule has 6 nitrogen and oxygen atoms in total. The number of rotatable bonds is 4. The standard InChI is InChI=1S/C19H30N2O4/c1-25-19(24)16-10-5-11-21(16)17(22)12-20-18(23)15-9-4-7-13-6-2-3-8-14(13)15/h13-16H,2-12H2,1H3,(H,20,23)/t13?,14?,15?,16-/m0/s1. The third-order valence-corrected chi connectivity index (χ3v) is 6.37. The summed E-state index contributed by atoms with van der Waals surface area (Å²) in [6.07, 6.45) is 9.65. The van der Waals surface area contributed by atoms with Crippen molar-refractivity contribution in [2.75, 3.05) is 20.2 Å². The predicted molar refractivity (Wildman–Crippen MR) is 92.5 cm³/mol. The molecule has 3 fully saturated rings. The first-order valence-electron chi connectivity index (χ1n) is 9.77. The number of nitrogens with zero attached hydrogens (tertiary/aromatic N) is 1. The molecule has 0 aromatic carbocycles. The molecule has 0 spiro atoms. The predicted octanol–water partition coefficient (Wildman–Crippen LogP) is 1.87. The summed E-state index contributed by atoms with van der Waals surface area (Å²) in [5.74, 6) is 0.718. The molecule has 2 saturated carbocycles. The van der Waals surface area contributed by atoms with E-state index in [0.717, 1.165) is 25.7 Å². The zero-order valence-corrected chi connectivity index (χ0v) is 15.2. The Hall–Kier alpha value is -1.59. The number of fused-ring (bicyclic) bond motifs is 1. The van der Waals surface area contributed by atoms with Crippen LogP contribution in [0.3, 0.4) is 0 Å². The zero-order chi connectivity index (χ0) is 17.8. The second-order valence-corrected chi connectivity index (χ2v) is 7.73. The van der Waals surface area contributed by atoms with Crippen molar-refractivity contribution in [2.24, 2.45) is 17.8 Å². The fourth-order valence-corrected chi connectivity index (χ4v) is 5.11. The van der Waals surface area contributed by atoms with Gasteiger partial charge < -0.3 is 15.0 Å². The zero-order valence-electron chi connectivity index (χ0n) is 15.2. The highest BCUT2D eigenvalue weighted by Crippen LogP contribution is 2.43. The Morgan fingerprint density at radius 1 is 1.00 bits per heavy atom. The maximum Gasteiger partial charge on any atom is 0.328 e. The Morgan fingerprint density at radius 3 is 2.56 bits per heavy atom. The van der Waals surface area contributed by atoms with Crippen molar-refractivity contribution in [3.8, 4) is 0 Å². The van der Waals surface area contributed by atoms with Gasteiger partial charge in [-0.15, -0.1) is 0 Å². The van der Waals surface area contributed by atoms with Gasteiger partial charge in [-0.1, -0.05) is 32.1 Å². The Balaban J connectivity index is 1.53. The second-order valence-electron chi connectivity index (χ2n) is 7.73. The highest BCUT2D eigenvalue weighted by molar-refractivity contribution is 5.89. The highest BCUT2D eigenvalue weighted by Gasteiger charge is 2.39. The summed E-state index contributed by atoms with van der Waals surface area (Å²) in [6, 6.07) is -0.494. The van der Waals surface area contributed by atoms with E-state index in [0.29, 0.717) is 24.8 Å². The van der Waals surface area contributed by atoms with Crippen molar-refractivity contribution in [1.29, 1.82) is 0 Å². The molecule has 0 radical (unpaired) electrons. The number of hydrogen-bond donors (Lipinski definition) is 1. The van der Waals surface area contributed by atoms with E-state index in [1.807, 2.05) is 0 Å². The van der Waals surface area contributed by atoms with E-state index in [9.17, 15) is 14.4 Å². The number of ether oxygens (including phenoxy) is 1. The van der Waals surface area contributed by atoms with Crippen molar-refractivity contribution >= 4 is 17.8 Å². The van der Waals surface area contributed by atoms with Crippen molar-refractivity contribution in [3.63, 3.8) is 0 Å². The lowest BCUT2D eigenvalue weighted by molar-refractivity contribution is -0.150. The molecule has 3 unspecified atom stereocenters. The minimum atomic E-state index is -0.494. The molecule has 2 aliphatic carbocycles. The first kappa shape index (κ1) is 18.2. The summed E-state index contributed by atoms with van der Waals surface area (Å²) in [5, 5.41) is 2.86. The van der Waals surface area contributed by atoms with Gasteiger partial charge in [0.15, 0.2) is 0 Å². The summed E-state index contributed by atoms with van der Waals surface area (Å²) < 4.78 is 4.77. The summed E-state index contributed by atoms with van der Waals surface area (Å²) >= 11 is 0. The van der Waals surface area contributed by atoms with Crippen LogP contribution in [0.5, 0.6) is 0 Å². The third-order valence-electron chi connectivity index (χ3n) is 6.37. The summed E-state index contributed by atoms with van der Waals surface area (Å²) in [4.78, 5) is 38.4. The average molecular weight is 350 g/mol. The number of amides is 2. The van der Waals surface area contributed by atoms with Crippen LogP contribution in [0.2, 0.25) is 0 Å². The number of methoxy groups -OCH3 is 1. The maximum atomic E-state index is 12.7. The van der Waals surface area contributed by atoms with Crippen LogP contribution in [-0.4, -0.2) is 48.9 Å². The molecule has 140 valence electrons. The van der Waals surface area contributed by atoms with E-state index in [2.05, 4.69) is 5.32 Å². The molecule has 0 aromatic rings. The van der Waals surface area contributed by atoms with Gasteiger partial charge in [0.2, 0.25) is 11.8 Å². The Kier molecular flexibility index (Phi) is 5.97. The monoisotopic (exact) mass is 350 g/mol. The highest BCUT2D eigenvalue weighted by atomic mass is 16.5. The Bertz CT molecular complexity index is 520. The fraction of sp³-hybridized carbons (Fsp3) is 0.842. The summed E-state index contributed by atoms with van der Waals surface area (Å²) in [6.45, 7) is 0.544. The number of likely N-dealkylation sites (tertiary alicyclic amines) is 1. The number of carbonyl (C=O) groups excluding carboxylic acids is 3. The van der Waals surface area contributed by atoms with Gasteiger partial charge in [0.1, 0.15) is 6.04 Å². The van der Waals surface area contributed by atoms with Crippen LogP contribution in [0.25, 0.3) is 0 Å². The van der Waals surface area contributed by atoms with Crippen molar-refractivity contribution in [3.05, 3.63) is 0 Å². The summed E-state index contributed by atoms with van der Waals surface area (Å²) in [5.41, 5.74) is 0. The SMILES string of the molecule is COC(=O)[C@@H]1CCCN1C(=O)CNC(=O)C1CCCC2CCCCC21. The van der Waals surface area contributed by atoms with E-state index in [-0.39, 0.29) is 30.2 Å². The van der Waals surface area contributed by atoms with Gasteiger partial charge >= 0.3 is 5.97 Å². The van der Waals surface area contributed by atoms with E-state index < -0.39 is 6.04 Å². The van der Waals surface area contributed by atoms with Gasteiger partial charge in [-0.25, -0.2) is 4.79 Å². The van der Waals surface area contributed by atoms with Gasteiger partial charge in [0, 0.05) is 12.5 Å². The summed E-state index contributed by atoms with van der Waals surface area (Å²) in [7, 11) is 1.34. The third kappa shape index (κ3) is 3.98. The molecule has 0 aromatic heterocycles. The van der Waals surface area contributed by atoms with Gasteiger partial charge in [-0.2, -0.15) is 0 Å². The van der Waals surface area contributed by atoms with Crippen LogP contribution >= 0.6 is 0 Å². The molecule has 1 saturated heterocycles. The quantitative estimate of drug-likeness (QED) is 0.786. The molecule has 1 aliphatic heterocycles. The van der Waals surface area contributed by atoms with Gasteiger partial charge in [-0.3, -0.25) is 9.59 Å². The molecular weight excluding hydrogens is 320 g/mol. The average Bonchev–Trinajstić information content (AvgIpc) is 3.14. The van der Waals surface area contributed by atoms with Crippen LogP contribution < -0.4 is 5.32 Å². The van der Waals surface area contributed by atoms with E-state index in [4.69, 9.17) is 4.74 Å². The van der Waals surface area contributed by atoms with Crippen molar-refractivity contribution in [1.82, 2.24) is 10.2 Å². The smallest absolute Gasteiger partial charge is 0.328 e. The largest absolute Gasteiger partial charge is 0.467 e. The van der Waals surface area contributed by atoms with Gasteiger partial charge in [0.25, 0.3) is 0 Å². The van der Waals surface area contributed by atoms with Crippen LogP contribution in [0, 0.1) is 17.8 Å². The van der Waals surface area contributed by atoms with Crippen molar-refractivity contribution in [2.45, 2.75) is 63.8 Å². The molecule has 1 heterocycles. The number of esters is 1. The van der Waals surface area contributed by atoms with Crippen LogP contribution in [0.1, 0.15) is 57.8 Å². The van der Waals surface area contributed by atoms with Crippen LogP contribution in [-0.2, 0) is 19.1 Å². The Morgan fingerprint density at radius 2 is 1.76 bits per heavy atom. The maximum absolute atomic E-state index is 12.7. The van der Waals surface area contributed by atoms with Crippen LogP contribution in [0.4, 0.5) is 0 Å². The fourth-order valence-electron chi connectivity index (χ4n) is 5.11. The molecule has 6 heteroatoms. The molecule has 25 heavy (non-hydrogen) atoms. The normalized spacial score (nSPS) is 32.0. The van der Waals surface area contributed by atoms with E-state index in [1.54, 1.807) is 4.90 Å². The topological polar surface area (TPSA) is 75.7 Å². The lowest BCUT2D eigenvalue weighted by Crippen LogP contribution is -2.48. The molecule has 3 rings (SSSR count). The van der Waals surface area contributed by atoms with E-state index in [1.165, 1.54) is 32.8 Å². The molecule has 2 amide bonds. The lowest BCUT2D eigenvalue weighted by atomic mass is 9.65. The number of carbonyl (C=O) groups is 3. The first-order chi connectivity index (χ1) is 12.1. The lowest BCUT2D eigenvalue weighted by Gasteiger charge is -2.40. The second kappa shape index (κ2) is 8.19. The number of hydrogen-bond acceptors (Lipinski definition) is 4. The minimum absolute atomic E-state index is 0.0137. The molecule has 4 atom stereocenters. The van der Waals surface area contributed by atoms with Gasteiger partial charge in [0.05, 0.1) is 13.7 Å². The first-order valence-corrected chi connectivity index (χ1v) is 9.77. The Labute approximate surface area is 149 Å². The van der Waals surface area contributed by atoms with E-state index >= 15 is 0 Å². The van der Waals surface area contributed by atoms with Gasteiger partial charge in [-0.05, 0) is 37.5 Å².